The largest absolute Gasteiger partial charge is 0.310 e. The predicted octanol–water partition coefficient (Wildman–Crippen LogP) is 17.3. The van der Waals surface area contributed by atoms with Crippen molar-refractivity contribution < 1.29 is 0 Å². The Morgan fingerprint density at radius 1 is 0.267 bits per heavy atom. The number of hydrogen-bond donors (Lipinski definition) is 0. The zero-order valence-electron chi connectivity index (χ0n) is 32.3. The molecule has 0 aliphatic heterocycles. The molecule has 0 bridgehead atoms. The van der Waals surface area contributed by atoms with Gasteiger partial charge in [-0.3, -0.25) is 0 Å². The summed E-state index contributed by atoms with van der Waals surface area (Å²) in [4.78, 5) is 4.86. The predicted molar refractivity (Wildman–Crippen MR) is 261 cm³/mol. The van der Waals surface area contributed by atoms with Crippen molar-refractivity contribution in [2.24, 2.45) is 0 Å². The molecule has 0 saturated carbocycles. The van der Waals surface area contributed by atoms with Crippen molar-refractivity contribution in [3.05, 3.63) is 206 Å². The average molecular weight is 799 g/mol. The summed E-state index contributed by atoms with van der Waals surface area (Å²) in [5, 5.41) is 10.2. The van der Waals surface area contributed by atoms with E-state index in [1.165, 1.54) is 95.5 Å². The fourth-order valence-electron chi connectivity index (χ4n) is 9.57. The highest BCUT2D eigenvalue weighted by atomic mass is 32.1. The van der Waals surface area contributed by atoms with Gasteiger partial charge in [-0.1, -0.05) is 97.1 Å². The van der Waals surface area contributed by atoms with Gasteiger partial charge in [0.2, 0.25) is 0 Å². The quantitative estimate of drug-likeness (QED) is 0.165. The lowest BCUT2D eigenvalue weighted by Gasteiger charge is -2.29. The van der Waals surface area contributed by atoms with Gasteiger partial charge in [0.25, 0.3) is 0 Å². The Labute approximate surface area is 355 Å². The molecule has 1 aliphatic rings. The Balaban J connectivity index is 0.937. The molecule has 0 amide bonds. The Hall–Kier alpha value is -7.24. The number of rotatable bonds is 6. The van der Waals surface area contributed by atoms with Gasteiger partial charge < -0.3 is 9.80 Å². The van der Waals surface area contributed by atoms with Crippen LogP contribution in [0, 0.1) is 0 Å². The normalized spacial score (nSPS) is 12.0. The van der Waals surface area contributed by atoms with Crippen LogP contribution in [0.5, 0.6) is 0 Å². The van der Waals surface area contributed by atoms with Crippen molar-refractivity contribution in [1.29, 1.82) is 0 Å². The summed E-state index contributed by atoms with van der Waals surface area (Å²) in [5.74, 6) is 0. The smallest absolute Gasteiger partial charge is 0.0554 e. The van der Waals surface area contributed by atoms with Crippen LogP contribution in [0.1, 0.15) is 0 Å². The van der Waals surface area contributed by atoms with Crippen molar-refractivity contribution in [1.82, 2.24) is 0 Å². The van der Waals surface area contributed by atoms with Gasteiger partial charge in [0.15, 0.2) is 0 Å². The fourth-order valence-corrected chi connectivity index (χ4v) is 11.8. The van der Waals surface area contributed by atoms with Gasteiger partial charge in [0.05, 0.1) is 11.4 Å². The van der Waals surface area contributed by atoms with Gasteiger partial charge in [0.1, 0.15) is 0 Å². The second kappa shape index (κ2) is 13.1. The first-order valence-electron chi connectivity index (χ1n) is 20.4. The SMILES string of the molecule is c1ccc(N(c2ccc3cc4c(cc3c2)-c2cc3cc(N(c5ccccc5)c5cccc6sc7ccccc7c56)ccc3cc2-4)c2cccc3sc4ccccc4c23)cc1. The Morgan fingerprint density at radius 2 is 0.650 bits per heavy atom. The van der Waals surface area contributed by atoms with Crippen LogP contribution in [0.3, 0.4) is 0 Å². The fraction of sp³-hybridized carbons (Fsp3) is 0. The first kappa shape index (κ1) is 33.7. The summed E-state index contributed by atoms with van der Waals surface area (Å²) in [6, 6.07) is 76.1. The minimum Gasteiger partial charge on any atom is -0.310 e. The number of anilines is 6. The molecular formula is C56H34N2S2. The number of benzene rings is 10. The zero-order chi connectivity index (χ0) is 39.3. The highest BCUT2D eigenvalue weighted by molar-refractivity contribution is 7.26. The maximum Gasteiger partial charge on any atom is 0.0554 e. The summed E-state index contributed by atoms with van der Waals surface area (Å²) in [6.07, 6.45) is 0. The second-order valence-electron chi connectivity index (χ2n) is 15.7. The molecule has 4 heteroatoms. The minimum absolute atomic E-state index is 1.14. The monoisotopic (exact) mass is 798 g/mol. The van der Waals surface area contributed by atoms with Gasteiger partial charge in [-0.25, -0.2) is 0 Å². The van der Waals surface area contributed by atoms with Crippen LogP contribution in [-0.4, -0.2) is 0 Å². The lowest BCUT2D eigenvalue weighted by molar-refractivity contribution is 1.31. The first-order chi connectivity index (χ1) is 29.7. The molecule has 280 valence electrons. The molecule has 0 fully saturated rings. The molecule has 0 atom stereocenters. The lowest BCUT2D eigenvalue weighted by Crippen LogP contribution is -2.10. The average Bonchev–Trinajstić information content (AvgIpc) is 3.88. The molecule has 0 unspecified atom stereocenters. The Morgan fingerprint density at radius 3 is 1.10 bits per heavy atom. The van der Waals surface area contributed by atoms with E-state index in [2.05, 4.69) is 216 Å². The van der Waals surface area contributed by atoms with Crippen molar-refractivity contribution >= 4 is 119 Å². The van der Waals surface area contributed by atoms with Gasteiger partial charge in [0, 0.05) is 63.1 Å². The van der Waals surface area contributed by atoms with Crippen molar-refractivity contribution in [2.45, 2.75) is 0 Å². The molecule has 10 aromatic carbocycles. The van der Waals surface area contributed by atoms with Gasteiger partial charge in [-0.15, -0.1) is 22.7 Å². The van der Waals surface area contributed by atoms with E-state index in [1.807, 2.05) is 22.7 Å². The van der Waals surface area contributed by atoms with Crippen LogP contribution in [0.4, 0.5) is 34.1 Å². The molecule has 0 radical (unpaired) electrons. The Kier molecular flexibility index (Phi) is 7.38. The first-order valence-corrected chi connectivity index (χ1v) is 22.0. The summed E-state index contributed by atoms with van der Waals surface area (Å²) in [5.41, 5.74) is 12.2. The summed E-state index contributed by atoms with van der Waals surface area (Å²) in [7, 11) is 0. The second-order valence-corrected chi connectivity index (χ2v) is 17.9. The maximum atomic E-state index is 2.43. The maximum absolute atomic E-state index is 2.43. The van der Waals surface area contributed by atoms with E-state index in [4.69, 9.17) is 0 Å². The number of fused-ring (bicyclic) bond motifs is 12. The van der Waals surface area contributed by atoms with E-state index >= 15 is 0 Å². The van der Waals surface area contributed by atoms with Crippen molar-refractivity contribution in [3.63, 3.8) is 0 Å². The molecule has 60 heavy (non-hydrogen) atoms. The summed E-state index contributed by atoms with van der Waals surface area (Å²) in [6.45, 7) is 0. The van der Waals surface area contributed by atoms with Crippen LogP contribution >= 0.6 is 22.7 Å². The highest BCUT2D eigenvalue weighted by Crippen LogP contribution is 2.52. The van der Waals surface area contributed by atoms with E-state index in [0.717, 1.165) is 22.7 Å². The molecule has 0 spiro atoms. The van der Waals surface area contributed by atoms with E-state index in [0.29, 0.717) is 0 Å². The van der Waals surface area contributed by atoms with E-state index < -0.39 is 0 Å². The molecule has 0 N–H and O–H groups in total. The number of thiophene rings is 2. The Bertz CT molecular complexity index is 3430. The topological polar surface area (TPSA) is 6.48 Å². The lowest BCUT2D eigenvalue weighted by atomic mass is 9.78. The molecule has 1 aliphatic carbocycles. The van der Waals surface area contributed by atoms with Crippen molar-refractivity contribution in [3.8, 4) is 22.3 Å². The van der Waals surface area contributed by atoms with E-state index in [1.54, 1.807) is 0 Å². The molecule has 12 aromatic rings. The van der Waals surface area contributed by atoms with Crippen LogP contribution in [0.25, 0.3) is 84.1 Å². The molecule has 0 saturated heterocycles. The van der Waals surface area contributed by atoms with Crippen molar-refractivity contribution in [2.75, 3.05) is 9.80 Å². The van der Waals surface area contributed by atoms with Crippen LogP contribution in [0.2, 0.25) is 0 Å². The van der Waals surface area contributed by atoms with Crippen LogP contribution < -0.4 is 9.80 Å². The summed E-state index contributed by atoms with van der Waals surface area (Å²) >= 11 is 3.73. The third-order valence-corrected chi connectivity index (χ3v) is 14.6. The number of para-hydroxylation sites is 2. The van der Waals surface area contributed by atoms with Gasteiger partial charge in [-0.05, 0) is 153 Å². The molecule has 2 heterocycles. The molecule has 2 nitrogen and oxygen atoms in total. The number of nitrogens with zero attached hydrogens (tertiary/aromatic N) is 2. The van der Waals surface area contributed by atoms with Gasteiger partial charge >= 0.3 is 0 Å². The third kappa shape index (κ3) is 5.11. The van der Waals surface area contributed by atoms with E-state index in [9.17, 15) is 0 Å². The third-order valence-electron chi connectivity index (χ3n) is 12.3. The van der Waals surface area contributed by atoms with Crippen LogP contribution in [0.15, 0.2) is 206 Å². The van der Waals surface area contributed by atoms with Crippen LogP contribution in [-0.2, 0) is 0 Å². The molecule has 13 rings (SSSR count). The highest BCUT2D eigenvalue weighted by Gasteiger charge is 2.26. The van der Waals surface area contributed by atoms with E-state index in [-0.39, 0.29) is 0 Å². The zero-order valence-corrected chi connectivity index (χ0v) is 34.0. The van der Waals surface area contributed by atoms with Gasteiger partial charge in [-0.2, -0.15) is 0 Å². The molecular weight excluding hydrogens is 765 g/mol. The summed E-state index contributed by atoms with van der Waals surface area (Å²) < 4.78 is 5.22. The number of hydrogen-bond acceptors (Lipinski definition) is 4. The standard InChI is InChI=1S/C56H34N2S2/c1-3-13-39(14-4-1)57(49-19-11-23-53-55(49)43-17-7-9-21-51(43)59-53)41-27-25-35-31-45-46-32-36-26-28-42(30-38(36)34-48(46)47(45)33-37(35)29-41)58(40-15-5-2-6-16-40)50-20-12-24-54-56(50)44-18-8-10-22-52(44)60-54/h1-34H. The minimum atomic E-state index is 1.14. The molecule has 2 aromatic heterocycles.